The van der Waals surface area contributed by atoms with Gasteiger partial charge in [0.05, 0.1) is 22.2 Å². The monoisotopic (exact) mass is 503 g/mol. The highest BCUT2D eigenvalue weighted by Gasteiger charge is 2.15. The van der Waals surface area contributed by atoms with Gasteiger partial charge in [0.25, 0.3) is 0 Å². The molecule has 1 fully saturated rings. The maximum absolute atomic E-state index is 5.74. The maximum atomic E-state index is 5.74. The molecule has 1 aliphatic heterocycles. The number of ether oxygens (including phenoxy) is 1. The molecule has 0 radical (unpaired) electrons. The Morgan fingerprint density at radius 1 is 0.913 bits per heavy atom. The van der Waals surface area contributed by atoms with Crippen molar-refractivity contribution in [2.24, 2.45) is 0 Å². The molecule has 0 spiro atoms. The number of hydrogen-bond donors (Lipinski definition) is 0. The first-order valence-corrected chi connectivity index (χ1v) is 9.03. The van der Waals surface area contributed by atoms with Crippen molar-refractivity contribution in [1.82, 2.24) is 19.9 Å². The Balaban J connectivity index is 0.000000185. The van der Waals surface area contributed by atoms with E-state index < -0.39 is 0 Å². The molecule has 3 heterocycles. The zero-order valence-corrected chi connectivity index (χ0v) is 17.0. The molecule has 0 atom stereocenters. The smallest absolute Gasteiger partial charge is 0.224 e. The van der Waals surface area contributed by atoms with Gasteiger partial charge in [0, 0.05) is 25.5 Å². The number of morpholine rings is 1. The lowest BCUT2D eigenvalue weighted by Crippen LogP contribution is -2.37. The van der Waals surface area contributed by atoms with Crippen molar-refractivity contribution in [2.75, 3.05) is 31.2 Å². The summed E-state index contributed by atoms with van der Waals surface area (Å²) >= 11 is 23.2. The molecule has 0 bridgehead atoms. The number of anilines is 1. The average Bonchev–Trinajstić information content (AvgIpc) is 2.55. The van der Waals surface area contributed by atoms with Crippen molar-refractivity contribution in [3.8, 4) is 0 Å². The molecule has 11 heteroatoms. The van der Waals surface area contributed by atoms with Crippen LogP contribution in [0.25, 0.3) is 0 Å². The summed E-state index contributed by atoms with van der Waals surface area (Å²) in [6.45, 7) is 3.14. The third-order valence-corrected chi connectivity index (χ3v) is 4.70. The van der Waals surface area contributed by atoms with Gasteiger partial charge < -0.3 is 9.64 Å². The molecule has 0 amide bonds. The van der Waals surface area contributed by atoms with Crippen LogP contribution in [0, 0.1) is 0 Å². The van der Waals surface area contributed by atoms with Gasteiger partial charge in [-0.2, -0.15) is 4.98 Å². The van der Waals surface area contributed by atoms with Crippen molar-refractivity contribution < 1.29 is 4.74 Å². The third-order valence-electron chi connectivity index (χ3n) is 2.68. The van der Waals surface area contributed by atoms with Crippen LogP contribution in [-0.4, -0.2) is 46.2 Å². The highest BCUT2D eigenvalue weighted by molar-refractivity contribution is 9.11. The second-order valence-electron chi connectivity index (χ2n) is 4.19. The number of aromatic nitrogens is 4. The van der Waals surface area contributed by atoms with Gasteiger partial charge in [-0.15, -0.1) is 0 Å². The van der Waals surface area contributed by atoms with Crippen LogP contribution < -0.4 is 4.90 Å². The predicted molar refractivity (Wildman–Crippen MR) is 97.5 cm³/mol. The molecule has 23 heavy (non-hydrogen) atoms. The highest BCUT2D eigenvalue weighted by atomic mass is 79.9. The molecule has 0 saturated carbocycles. The van der Waals surface area contributed by atoms with E-state index in [1.54, 1.807) is 6.20 Å². The second-order valence-corrected chi connectivity index (χ2v) is 6.93. The van der Waals surface area contributed by atoms with Crippen molar-refractivity contribution in [2.45, 2.75) is 0 Å². The fraction of sp³-hybridized carbons (Fsp3) is 0.333. The zero-order valence-electron chi connectivity index (χ0n) is 11.5. The molecular formula is C12H10Br2Cl3N5O. The normalized spacial score (nSPS) is 14.2. The Kier molecular flexibility index (Phi) is 7.71. The molecule has 2 aromatic heterocycles. The number of rotatable bonds is 1. The molecule has 0 aromatic carbocycles. The van der Waals surface area contributed by atoms with E-state index in [4.69, 9.17) is 39.5 Å². The van der Waals surface area contributed by atoms with E-state index in [9.17, 15) is 0 Å². The first-order chi connectivity index (χ1) is 11.0. The summed E-state index contributed by atoms with van der Waals surface area (Å²) in [6.07, 6.45) is 3.16. The van der Waals surface area contributed by atoms with Crippen molar-refractivity contribution in [3.05, 3.63) is 37.1 Å². The standard InChI is InChI=1S/C8H9BrClN3O.C4HBrCl2N2/c9-6-5-11-8(10)12-7(6)13-1-3-14-4-2-13;5-2-1-8-4(7)9-3(2)6/h5H,1-4H2;1H. The number of nitrogens with zero attached hydrogens (tertiary/aromatic N) is 5. The Morgan fingerprint density at radius 2 is 1.48 bits per heavy atom. The first kappa shape index (κ1) is 19.1. The van der Waals surface area contributed by atoms with E-state index in [1.807, 2.05) is 0 Å². The van der Waals surface area contributed by atoms with Gasteiger partial charge >= 0.3 is 0 Å². The molecular weight excluding hydrogens is 496 g/mol. The summed E-state index contributed by atoms with van der Waals surface area (Å²) < 4.78 is 6.77. The van der Waals surface area contributed by atoms with Crippen LogP contribution in [-0.2, 0) is 4.74 Å². The summed E-state index contributed by atoms with van der Waals surface area (Å²) in [5.41, 5.74) is 0. The van der Waals surface area contributed by atoms with Gasteiger partial charge in [-0.3, -0.25) is 0 Å². The molecule has 124 valence electrons. The van der Waals surface area contributed by atoms with Gasteiger partial charge in [0.15, 0.2) is 0 Å². The summed E-state index contributed by atoms with van der Waals surface area (Å²) in [5.74, 6) is 0.841. The Morgan fingerprint density at radius 3 is 2.04 bits per heavy atom. The van der Waals surface area contributed by atoms with Crippen LogP contribution in [0.5, 0.6) is 0 Å². The molecule has 0 N–H and O–H groups in total. The fourth-order valence-corrected chi connectivity index (χ4v) is 2.73. The predicted octanol–water partition coefficient (Wildman–Crippen LogP) is 4.28. The third kappa shape index (κ3) is 5.95. The molecule has 1 saturated heterocycles. The minimum atomic E-state index is 0.156. The van der Waals surface area contributed by atoms with Gasteiger partial charge in [-0.1, -0.05) is 11.6 Å². The Labute approximate surface area is 164 Å². The Bertz CT molecular complexity index is 673. The quantitative estimate of drug-likeness (QED) is 0.425. The average molecular weight is 506 g/mol. The maximum Gasteiger partial charge on any atom is 0.224 e. The second kappa shape index (κ2) is 9.29. The van der Waals surface area contributed by atoms with Crippen LogP contribution in [0.15, 0.2) is 21.3 Å². The summed E-state index contributed by atoms with van der Waals surface area (Å²) in [7, 11) is 0. The van der Waals surface area contributed by atoms with Gasteiger partial charge in [0.2, 0.25) is 10.6 Å². The largest absolute Gasteiger partial charge is 0.378 e. The summed E-state index contributed by atoms with van der Waals surface area (Å²) in [6, 6.07) is 0. The van der Waals surface area contributed by atoms with Crippen LogP contribution in [0.4, 0.5) is 5.82 Å². The van der Waals surface area contributed by atoms with E-state index in [2.05, 4.69) is 56.7 Å². The van der Waals surface area contributed by atoms with E-state index in [0.29, 0.717) is 9.63 Å². The summed E-state index contributed by atoms with van der Waals surface area (Å²) in [4.78, 5) is 17.5. The van der Waals surface area contributed by atoms with E-state index in [-0.39, 0.29) is 10.6 Å². The lowest BCUT2D eigenvalue weighted by Gasteiger charge is -2.28. The molecule has 1 aliphatic rings. The van der Waals surface area contributed by atoms with Crippen molar-refractivity contribution in [1.29, 1.82) is 0 Å². The lowest BCUT2D eigenvalue weighted by molar-refractivity contribution is 0.122. The van der Waals surface area contributed by atoms with Crippen LogP contribution >= 0.6 is 66.7 Å². The minimum absolute atomic E-state index is 0.156. The summed E-state index contributed by atoms with van der Waals surface area (Å²) in [5, 5.41) is 0.757. The van der Waals surface area contributed by atoms with Gasteiger partial charge in [-0.25, -0.2) is 15.0 Å². The Hall–Kier alpha value is -0.250. The molecule has 2 aromatic rings. The first-order valence-electron chi connectivity index (χ1n) is 6.31. The lowest BCUT2D eigenvalue weighted by atomic mass is 10.4. The number of hydrogen-bond acceptors (Lipinski definition) is 6. The van der Waals surface area contributed by atoms with E-state index in [0.717, 1.165) is 36.6 Å². The van der Waals surface area contributed by atoms with Gasteiger partial charge in [0.1, 0.15) is 11.0 Å². The zero-order chi connectivity index (χ0) is 16.8. The SMILES string of the molecule is Clc1ncc(Br)c(Cl)n1.Clc1ncc(Br)c(N2CCOCC2)n1. The fourth-order valence-electron chi connectivity index (χ4n) is 1.66. The molecule has 0 aliphatic carbocycles. The minimum Gasteiger partial charge on any atom is -0.378 e. The topological polar surface area (TPSA) is 64.0 Å². The number of halogens is 5. The van der Waals surface area contributed by atoms with Crippen LogP contribution in [0.3, 0.4) is 0 Å². The molecule has 6 nitrogen and oxygen atoms in total. The van der Waals surface area contributed by atoms with E-state index in [1.165, 1.54) is 6.20 Å². The van der Waals surface area contributed by atoms with Crippen LogP contribution in [0.2, 0.25) is 15.7 Å². The van der Waals surface area contributed by atoms with Crippen molar-refractivity contribution in [3.63, 3.8) is 0 Å². The van der Waals surface area contributed by atoms with E-state index >= 15 is 0 Å². The highest BCUT2D eigenvalue weighted by Crippen LogP contribution is 2.24. The molecule has 3 rings (SSSR count). The van der Waals surface area contributed by atoms with Crippen molar-refractivity contribution >= 4 is 72.5 Å². The van der Waals surface area contributed by atoms with Gasteiger partial charge in [-0.05, 0) is 55.1 Å². The van der Waals surface area contributed by atoms with Crippen LogP contribution in [0.1, 0.15) is 0 Å². The molecule has 0 unspecified atom stereocenters.